The van der Waals surface area contributed by atoms with Gasteiger partial charge in [0.15, 0.2) is 0 Å². The van der Waals surface area contributed by atoms with Gasteiger partial charge in [-0.25, -0.2) is 4.79 Å². The topological polar surface area (TPSA) is 296 Å². The van der Waals surface area contributed by atoms with Crippen molar-refractivity contribution < 1.29 is 58.1 Å². The van der Waals surface area contributed by atoms with Crippen LogP contribution < -0.4 is 32.3 Å². The number of piperidine rings is 1. The lowest BCUT2D eigenvalue weighted by Gasteiger charge is -2.43. The molecule has 358 valence electrons. The highest BCUT2D eigenvalue weighted by Gasteiger charge is 2.45. The Balaban J connectivity index is 1.85. The summed E-state index contributed by atoms with van der Waals surface area (Å²) >= 11 is 0. The number of nitrogens with two attached hydrogens (primary N) is 1. The number of carbonyl (C=O) groups is 9. The van der Waals surface area contributed by atoms with Crippen LogP contribution in [0.3, 0.4) is 0 Å². The number of carbonyl (C=O) groups excluding carboxylic acids is 9. The number of cyclic esters (lactones) is 1. The number of fused-ring (bicyclic) bond motifs is 2. The second-order valence-corrected chi connectivity index (χ2v) is 16.8. The quantitative estimate of drug-likeness (QED) is 0.0969. The molecule has 2 aliphatic rings. The van der Waals surface area contributed by atoms with Crippen molar-refractivity contribution in [2.75, 3.05) is 7.05 Å². The minimum atomic E-state index is -1.78. The van der Waals surface area contributed by atoms with Crippen molar-refractivity contribution in [1.82, 2.24) is 36.4 Å². The molecule has 8 atom stereocenters. The summed E-state index contributed by atoms with van der Waals surface area (Å²) in [5.41, 5.74) is 6.07. The number of nitrogens with zero attached hydrogens (tertiary/aromatic N) is 2. The molecule has 8 unspecified atom stereocenters. The van der Waals surface area contributed by atoms with Gasteiger partial charge in [0.1, 0.15) is 60.0 Å². The van der Waals surface area contributed by atoms with Crippen molar-refractivity contribution in [1.29, 1.82) is 0 Å². The number of phenolic OH excluding ortho intramolecular Hbond substituents is 1. The van der Waals surface area contributed by atoms with E-state index in [-0.39, 0.29) is 56.4 Å². The number of aliphatic hydroxyl groups is 1. The maximum Gasteiger partial charge on any atom is 0.329 e. The number of rotatable bonds is 13. The van der Waals surface area contributed by atoms with E-state index in [2.05, 4.69) is 26.6 Å². The molecule has 0 radical (unpaired) electrons. The van der Waals surface area contributed by atoms with Crippen LogP contribution in [0, 0.1) is 5.92 Å². The maximum absolute atomic E-state index is 14.9. The van der Waals surface area contributed by atoms with Crippen LogP contribution in [-0.4, -0.2) is 129 Å². The van der Waals surface area contributed by atoms with E-state index in [1.165, 1.54) is 39.1 Å². The molecular weight excluding hydrogens is 857 g/mol. The third kappa shape index (κ3) is 13.8. The summed E-state index contributed by atoms with van der Waals surface area (Å²) in [6.45, 7) is 7.65. The molecule has 2 bridgehead atoms. The van der Waals surface area contributed by atoms with Crippen LogP contribution in [0.2, 0.25) is 0 Å². The first kappa shape index (κ1) is 51.8. The molecule has 0 spiro atoms. The number of esters is 1. The standard InChI is InChI=1S/C46H62N8O12/c1-7-12-36(57)48-31(19-21-35(47)56)41(60)52-39-26(5)66-46(65)38(25(3)4)51-42(61)33(23-28-15-17-29(55)18-16-28)53(6)45(64)34(24-27-13-10-9-11-14-27)54-37(58)22-20-32(44(54)63)50-40(59)30(8-2)49-43(39)62/h8-11,13-18,25-26,31-34,37-39,55,58H,7,12,19-24H2,1-6H3,(H2,47,56)(H,48,57)(H,49,62)(H,50,59)(H,51,61)(H,52,60)/b30-8-. The number of likely N-dealkylation sites (N-methyl/N-ethyl adjacent to an activating group) is 1. The van der Waals surface area contributed by atoms with E-state index in [0.717, 1.165) is 9.80 Å². The van der Waals surface area contributed by atoms with Gasteiger partial charge in [0.05, 0.1) is 0 Å². The Bertz CT molecular complexity index is 2130. The largest absolute Gasteiger partial charge is 0.508 e. The van der Waals surface area contributed by atoms with Gasteiger partial charge in [0.2, 0.25) is 35.4 Å². The van der Waals surface area contributed by atoms with E-state index in [0.29, 0.717) is 17.5 Å². The Morgan fingerprint density at radius 1 is 0.894 bits per heavy atom. The van der Waals surface area contributed by atoms with Gasteiger partial charge in [-0.1, -0.05) is 69.3 Å². The normalized spacial score (nSPS) is 24.8. The van der Waals surface area contributed by atoms with Crippen molar-refractivity contribution in [3.63, 3.8) is 0 Å². The number of benzene rings is 2. The van der Waals surface area contributed by atoms with E-state index in [4.69, 9.17) is 10.5 Å². The molecule has 2 fully saturated rings. The van der Waals surface area contributed by atoms with E-state index >= 15 is 0 Å². The Morgan fingerprint density at radius 2 is 1.53 bits per heavy atom. The minimum absolute atomic E-state index is 0.0357. The number of nitrogens with one attached hydrogen (secondary N) is 5. The molecule has 66 heavy (non-hydrogen) atoms. The highest BCUT2D eigenvalue weighted by molar-refractivity contribution is 6.02. The molecule has 2 aliphatic heterocycles. The number of aromatic hydroxyl groups is 1. The summed E-state index contributed by atoms with van der Waals surface area (Å²) < 4.78 is 5.80. The Morgan fingerprint density at radius 3 is 2.14 bits per heavy atom. The molecule has 2 aromatic rings. The van der Waals surface area contributed by atoms with E-state index in [1.54, 1.807) is 63.2 Å². The maximum atomic E-state index is 14.9. The smallest absolute Gasteiger partial charge is 0.329 e. The minimum Gasteiger partial charge on any atom is -0.508 e. The predicted molar refractivity (Wildman–Crippen MR) is 238 cm³/mol. The number of aliphatic hydroxyl groups excluding tert-OH is 1. The van der Waals surface area contributed by atoms with Crippen molar-refractivity contribution in [2.24, 2.45) is 11.7 Å². The molecule has 0 aromatic heterocycles. The first-order chi connectivity index (χ1) is 31.2. The molecular formula is C46H62N8O12. The molecule has 4 rings (SSSR count). The molecule has 8 amide bonds. The van der Waals surface area contributed by atoms with Gasteiger partial charge >= 0.3 is 5.97 Å². The first-order valence-corrected chi connectivity index (χ1v) is 22.0. The zero-order valence-electron chi connectivity index (χ0n) is 38.1. The number of amides is 8. The van der Waals surface area contributed by atoms with Crippen molar-refractivity contribution in [2.45, 2.75) is 135 Å². The van der Waals surface area contributed by atoms with E-state index in [9.17, 15) is 53.4 Å². The number of hydrogen-bond acceptors (Lipinski definition) is 12. The molecule has 2 heterocycles. The predicted octanol–water partition coefficient (Wildman–Crippen LogP) is -0.0601. The SMILES string of the molecule is C/C=C1\NC(=O)C(NC(=O)C(CCC(N)=O)NC(=O)CCC)C(C)OC(=O)C(C(C)C)NC(=O)C(Cc2ccc(O)cc2)N(C)C(=O)C(Cc2ccccc2)N2C(=O)C(CCC2O)NC1=O. The average molecular weight is 919 g/mol. The van der Waals surface area contributed by atoms with Crippen LogP contribution >= 0.6 is 0 Å². The van der Waals surface area contributed by atoms with Gasteiger partial charge < -0.3 is 57.1 Å². The van der Waals surface area contributed by atoms with Gasteiger partial charge in [0, 0.05) is 32.7 Å². The van der Waals surface area contributed by atoms with Crippen LogP contribution in [0.25, 0.3) is 0 Å². The third-order valence-corrected chi connectivity index (χ3v) is 11.4. The molecule has 20 nitrogen and oxygen atoms in total. The fraction of sp³-hybridized carbons (Fsp3) is 0.500. The van der Waals surface area contributed by atoms with Crippen molar-refractivity contribution in [3.05, 3.63) is 77.5 Å². The van der Waals surface area contributed by atoms with Crippen LogP contribution in [0.1, 0.15) is 84.3 Å². The summed E-state index contributed by atoms with van der Waals surface area (Å²) in [6, 6.07) is 5.86. The Hall–Kier alpha value is -6.83. The number of allylic oxidation sites excluding steroid dienone is 1. The number of hydrogen-bond donors (Lipinski definition) is 8. The summed E-state index contributed by atoms with van der Waals surface area (Å²) in [4.78, 5) is 127. The fourth-order valence-electron chi connectivity index (χ4n) is 7.67. The second kappa shape index (κ2) is 23.9. The summed E-state index contributed by atoms with van der Waals surface area (Å²) in [5, 5.41) is 34.2. The molecule has 9 N–H and O–H groups in total. The summed E-state index contributed by atoms with van der Waals surface area (Å²) in [6.07, 6.45) is -2.33. The number of ether oxygens (including phenoxy) is 1. The first-order valence-electron chi connectivity index (χ1n) is 22.0. The van der Waals surface area contributed by atoms with E-state index in [1.807, 2.05) is 0 Å². The van der Waals surface area contributed by atoms with Crippen molar-refractivity contribution >= 4 is 53.2 Å². The van der Waals surface area contributed by atoms with Crippen LogP contribution in [0.4, 0.5) is 0 Å². The fourth-order valence-corrected chi connectivity index (χ4v) is 7.67. The highest BCUT2D eigenvalue weighted by Crippen LogP contribution is 2.25. The molecule has 20 heteroatoms. The monoisotopic (exact) mass is 918 g/mol. The van der Waals surface area contributed by atoms with Gasteiger partial charge in [-0.3, -0.25) is 38.4 Å². The summed E-state index contributed by atoms with van der Waals surface area (Å²) in [7, 11) is 1.35. The van der Waals surface area contributed by atoms with Gasteiger partial charge in [-0.05, 0) is 68.7 Å². The Labute approximate surface area is 383 Å². The zero-order chi connectivity index (χ0) is 48.8. The van der Waals surface area contributed by atoms with Gasteiger partial charge in [-0.2, -0.15) is 0 Å². The highest BCUT2D eigenvalue weighted by atomic mass is 16.5. The van der Waals surface area contributed by atoms with Gasteiger partial charge in [-0.15, -0.1) is 0 Å². The van der Waals surface area contributed by atoms with Crippen LogP contribution in [0.15, 0.2) is 66.4 Å². The number of phenols is 1. The zero-order valence-corrected chi connectivity index (χ0v) is 38.1. The lowest BCUT2D eigenvalue weighted by atomic mass is 9.95. The lowest BCUT2D eigenvalue weighted by molar-refractivity contribution is -0.165. The molecule has 0 aliphatic carbocycles. The molecule has 2 aromatic carbocycles. The van der Waals surface area contributed by atoms with Crippen LogP contribution in [-0.2, 0) is 60.7 Å². The van der Waals surface area contributed by atoms with Gasteiger partial charge in [0.25, 0.3) is 11.8 Å². The molecule has 2 saturated heterocycles. The number of primary amides is 1. The summed E-state index contributed by atoms with van der Waals surface area (Å²) in [5.74, 6) is -8.45. The van der Waals surface area contributed by atoms with Crippen LogP contribution in [0.5, 0.6) is 5.75 Å². The van der Waals surface area contributed by atoms with Crippen molar-refractivity contribution in [3.8, 4) is 5.75 Å². The second-order valence-electron chi connectivity index (χ2n) is 16.8. The third-order valence-electron chi connectivity index (χ3n) is 11.4. The molecule has 0 saturated carbocycles. The lowest BCUT2D eigenvalue weighted by Crippen LogP contribution is -2.64. The average Bonchev–Trinajstić information content (AvgIpc) is 3.27. The Kier molecular flexibility index (Phi) is 18.8. The van der Waals surface area contributed by atoms with E-state index < -0.39 is 108 Å².